The Morgan fingerprint density at radius 2 is 1.12 bits per heavy atom. The Bertz CT molecular complexity index is 610. The average molecular weight is 395 g/mol. The third-order valence-electron chi connectivity index (χ3n) is 4.36. The van der Waals surface area contributed by atoms with Gasteiger partial charge in [-0.1, -0.05) is 74.5 Å². The van der Waals surface area contributed by atoms with E-state index < -0.39 is 0 Å². The molecule has 2 rings (SSSR count). The summed E-state index contributed by atoms with van der Waals surface area (Å²) in [6.45, 7) is 4.48. The van der Waals surface area contributed by atoms with E-state index >= 15 is 0 Å². The van der Waals surface area contributed by atoms with E-state index in [4.69, 9.17) is 23.2 Å². The number of hydrogen-bond acceptors (Lipinski definition) is 1. The molecule has 0 aromatic heterocycles. The van der Waals surface area contributed by atoms with Gasteiger partial charge in [-0.05, 0) is 73.2 Å². The first kappa shape index (κ1) is 20.7. The molecule has 0 N–H and O–H groups in total. The van der Waals surface area contributed by atoms with Crippen LogP contribution < -0.4 is 0 Å². The van der Waals surface area contributed by atoms with Gasteiger partial charge in [0.2, 0.25) is 0 Å². The molecule has 2 aromatic rings. The summed E-state index contributed by atoms with van der Waals surface area (Å²) < 4.78 is 0. The van der Waals surface area contributed by atoms with Gasteiger partial charge in [0, 0.05) is 19.8 Å². The molecule has 0 aliphatic heterocycles. The minimum Gasteiger partial charge on any atom is -0.0895 e. The van der Waals surface area contributed by atoms with Crippen LogP contribution in [0.25, 0.3) is 0 Å². The molecule has 0 fully saturated rings. The fourth-order valence-corrected chi connectivity index (χ4v) is 4.42. The molecule has 0 atom stereocenters. The van der Waals surface area contributed by atoms with Gasteiger partial charge in [-0.3, -0.25) is 0 Å². The van der Waals surface area contributed by atoms with E-state index in [2.05, 4.69) is 38.1 Å². The molecule has 2 aromatic carbocycles. The summed E-state index contributed by atoms with van der Waals surface area (Å²) in [6.07, 6.45) is 9.62. The SMILES string of the molecule is CCCCCc1cc(Cl)ccc1Sc1ccc(Cl)cc1CCCCC. The first-order valence-corrected chi connectivity index (χ1v) is 11.0. The molecule has 0 unspecified atom stereocenters. The summed E-state index contributed by atoms with van der Waals surface area (Å²) in [5, 5.41) is 1.66. The van der Waals surface area contributed by atoms with Crippen LogP contribution in [0.1, 0.15) is 63.5 Å². The van der Waals surface area contributed by atoms with Crippen LogP contribution in [0, 0.1) is 0 Å². The Morgan fingerprint density at radius 3 is 1.52 bits per heavy atom. The van der Waals surface area contributed by atoms with E-state index in [9.17, 15) is 0 Å². The van der Waals surface area contributed by atoms with Crippen molar-refractivity contribution in [1.82, 2.24) is 0 Å². The Balaban J connectivity index is 2.20. The van der Waals surface area contributed by atoms with Crippen molar-refractivity contribution in [3.05, 3.63) is 57.6 Å². The van der Waals surface area contributed by atoms with Crippen molar-refractivity contribution in [2.24, 2.45) is 0 Å². The fraction of sp³-hybridized carbons (Fsp3) is 0.455. The highest BCUT2D eigenvalue weighted by molar-refractivity contribution is 7.99. The summed E-state index contributed by atoms with van der Waals surface area (Å²) in [7, 11) is 0. The molecule has 0 amide bonds. The van der Waals surface area contributed by atoms with E-state index in [1.165, 1.54) is 59.4 Å². The lowest BCUT2D eigenvalue weighted by molar-refractivity contribution is 0.710. The highest BCUT2D eigenvalue weighted by Crippen LogP contribution is 2.36. The smallest absolute Gasteiger partial charge is 0.0409 e. The molecule has 0 heterocycles. The summed E-state index contributed by atoms with van der Waals surface area (Å²) in [5.41, 5.74) is 2.72. The Labute approximate surface area is 167 Å². The lowest BCUT2D eigenvalue weighted by atomic mass is 10.1. The molecule has 0 radical (unpaired) electrons. The van der Waals surface area contributed by atoms with Crippen molar-refractivity contribution in [3.8, 4) is 0 Å². The lowest BCUT2D eigenvalue weighted by Gasteiger charge is -2.13. The number of unbranched alkanes of at least 4 members (excludes halogenated alkanes) is 4. The summed E-state index contributed by atoms with van der Waals surface area (Å²) in [5.74, 6) is 0. The van der Waals surface area contributed by atoms with Crippen LogP contribution in [-0.2, 0) is 12.8 Å². The maximum atomic E-state index is 6.24. The Hall–Kier alpha value is -0.630. The zero-order valence-electron chi connectivity index (χ0n) is 15.3. The predicted octanol–water partition coefficient (Wildman–Crippen LogP) is 8.61. The molecule has 0 saturated heterocycles. The highest BCUT2D eigenvalue weighted by Gasteiger charge is 2.10. The minimum absolute atomic E-state index is 0.829. The fourth-order valence-electron chi connectivity index (χ4n) is 2.94. The predicted molar refractivity (Wildman–Crippen MR) is 113 cm³/mol. The number of hydrogen-bond donors (Lipinski definition) is 0. The van der Waals surface area contributed by atoms with Crippen molar-refractivity contribution in [2.75, 3.05) is 0 Å². The molecule has 136 valence electrons. The largest absolute Gasteiger partial charge is 0.0895 e. The van der Waals surface area contributed by atoms with Crippen LogP contribution >= 0.6 is 35.0 Å². The Morgan fingerprint density at radius 1 is 0.680 bits per heavy atom. The maximum Gasteiger partial charge on any atom is 0.0409 e. The normalized spacial score (nSPS) is 11.0. The van der Waals surface area contributed by atoms with Gasteiger partial charge in [0.15, 0.2) is 0 Å². The van der Waals surface area contributed by atoms with E-state index in [1.807, 2.05) is 23.9 Å². The van der Waals surface area contributed by atoms with Crippen LogP contribution in [0.3, 0.4) is 0 Å². The second-order valence-corrected chi connectivity index (χ2v) is 8.48. The van der Waals surface area contributed by atoms with Crippen molar-refractivity contribution < 1.29 is 0 Å². The monoisotopic (exact) mass is 394 g/mol. The number of halogens is 2. The summed E-state index contributed by atoms with van der Waals surface area (Å²) >= 11 is 14.3. The van der Waals surface area contributed by atoms with E-state index in [1.54, 1.807) is 0 Å². The molecule has 0 nitrogen and oxygen atoms in total. The second kappa shape index (κ2) is 11.2. The standard InChI is InChI=1S/C22H28Cl2S/c1-3-5-7-9-17-15-19(23)11-13-21(17)25-22-14-12-20(24)16-18(22)10-8-6-4-2/h11-16H,3-10H2,1-2H3. The van der Waals surface area contributed by atoms with Crippen LogP contribution in [0.2, 0.25) is 10.0 Å². The highest BCUT2D eigenvalue weighted by atomic mass is 35.5. The molecule has 3 heteroatoms. The van der Waals surface area contributed by atoms with Crippen molar-refractivity contribution in [1.29, 1.82) is 0 Å². The van der Waals surface area contributed by atoms with Crippen LogP contribution in [-0.4, -0.2) is 0 Å². The van der Waals surface area contributed by atoms with E-state index in [0.717, 1.165) is 22.9 Å². The molecule has 0 saturated carbocycles. The van der Waals surface area contributed by atoms with Crippen LogP contribution in [0.15, 0.2) is 46.2 Å². The zero-order chi connectivity index (χ0) is 18.1. The van der Waals surface area contributed by atoms with Gasteiger partial charge in [-0.15, -0.1) is 0 Å². The third kappa shape index (κ3) is 6.89. The summed E-state index contributed by atoms with van der Waals surface area (Å²) in [4.78, 5) is 2.64. The van der Waals surface area contributed by atoms with Crippen molar-refractivity contribution in [3.63, 3.8) is 0 Å². The van der Waals surface area contributed by atoms with Crippen molar-refractivity contribution >= 4 is 35.0 Å². The maximum absolute atomic E-state index is 6.24. The van der Waals surface area contributed by atoms with Gasteiger partial charge in [0.25, 0.3) is 0 Å². The lowest BCUT2D eigenvalue weighted by Crippen LogP contribution is -1.93. The van der Waals surface area contributed by atoms with Gasteiger partial charge in [-0.25, -0.2) is 0 Å². The first-order valence-electron chi connectivity index (χ1n) is 9.38. The van der Waals surface area contributed by atoms with Gasteiger partial charge in [0.1, 0.15) is 0 Å². The minimum atomic E-state index is 0.829. The zero-order valence-corrected chi connectivity index (χ0v) is 17.6. The topological polar surface area (TPSA) is 0 Å². The quantitative estimate of drug-likeness (QED) is 0.363. The van der Waals surface area contributed by atoms with Crippen molar-refractivity contribution in [2.45, 2.75) is 75.0 Å². The van der Waals surface area contributed by atoms with Crippen LogP contribution in [0.4, 0.5) is 0 Å². The first-order chi connectivity index (χ1) is 12.1. The van der Waals surface area contributed by atoms with Gasteiger partial charge < -0.3 is 0 Å². The number of benzene rings is 2. The van der Waals surface area contributed by atoms with E-state index in [0.29, 0.717) is 0 Å². The van der Waals surface area contributed by atoms with E-state index in [-0.39, 0.29) is 0 Å². The second-order valence-electron chi connectivity index (χ2n) is 6.52. The number of aryl methyl sites for hydroxylation is 2. The Kier molecular flexibility index (Phi) is 9.23. The molecular formula is C22H28Cl2S. The molecular weight excluding hydrogens is 367 g/mol. The van der Waals surface area contributed by atoms with Gasteiger partial charge in [0.05, 0.1) is 0 Å². The number of rotatable bonds is 10. The molecule has 0 aliphatic rings. The third-order valence-corrected chi connectivity index (χ3v) is 6.07. The van der Waals surface area contributed by atoms with Gasteiger partial charge >= 0.3 is 0 Å². The van der Waals surface area contributed by atoms with Gasteiger partial charge in [-0.2, -0.15) is 0 Å². The van der Waals surface area contributed by atoms with Crippen LogP contribution in [0.5, 0.6) is 0 Å². The molecule has 0 bridgehead atoms. The molecule has 25 heavy (non-hydrogen) atoms. The molecule has 0 spiro atoms. The average Bonchev–Trinajstić information content (AvgIpc) is 2.59. The molecule has 0 aliphatic carbocycles. The summed E-state index contributed by atoms with van der Waals surface area (Å²) in [6, 6.07) is 12.6.